The molecule has 2 N–H and O–H groups in total. The number of carbonyl (C=O) groups is 1. The number of furan rings is 1. The Morgan fingerprint density at radius 3 is 2.57 bits per heavy atom. The van der Waals surface area contributed by atoms with Gasteiger partial charge in [0.15, 0.2) is 0 Å². The summed E-state index contributed by atoms with van der Waals surface area (Å²) in [7, 11) is 0. The number of aromatic hydroxyl groups is 1. The van der Waals surface area contributed by atoms with E-state index in [2.05, 4.69) is 23.4 Å². The number of fused-ring (bicyclic) bond motifs is 1. The molecule has 0 spiro atoms. The minimum atomic E-state index is -0.117. The largest absolute Gasteiger partial charge is 0.508 e. The highest BCUT2D eigenvalue weighted by Crippen LogP contribution is 2.35. The molecule has 1 amide bonds. The number of hydrogen-bond donors (Lipinski definition) is 2. The number of rotatable bonds is 8. The van der Waals surface area contributed by atoms with E-state index in [0.29, 0.717) is 47.5 Å². The van der Waals surface area contributed by atoms with Gasteiger partial charge in [0.1, 0.15) is 17.1 Å². The number of amides is 1. The Hall–Kier alpha value is -2.53. The van der Waals surface area contributed by atoms with Crippen LogP contribution in [0.2, 0.25) is 0 Å². The van der Waals surface area contributed by atoms with Crippen molar-refractivity contribution in [1.82, 2.24) is 10.2 Å². The molecule has 0 bridgehead atoms. The molecule has 5 heteroatoms. The van der Waals surface area contributed by atoms with Crippen LogP contribution in [-0.4, -0.2) is 35.0 Å². The van der Waals surface area contributed by atoms with Gasteiger partial charge in [0, 0.05) is 36.6 Å². The fraction of sp³-hybridized carbons (Fsp3) is 0.435. The minimum Gasteiger partial charge on any atom is -0.508 e. The van der Waals surface area contributed by atoms with Crippen molar-refractivity contribution in [2.75, 3.05) is 13.1 Å². The van der Waals surface area contributed by atoms with Gasteiger partial charge in [-0.3, -0.25) is 9.69 Å². The molecule has 0 saturated heterocycles. The molecule has 5 nitrogen and oxygen atoms in total. The maximum atomic E-state index is 13.1. The van der Waals surface area contributed by atoms with Crippen LogP contribution < -0.4 is 5.32 Å². The predicted molar refractivity (Wildman–Crippen MR) is 113 cm³/mol. The summed E-state index contributed by atoms with van der Waals surface area (Å²) in [6.07, 6.45) is 9.22. The predicted octanol–water partition coefficient (Wildman–Crippen LogP) is 4.68. The number of carbonyl (C=O) groups excluding carboxylic acids is 1. The molecule has 0 aliphatic heterocycles. The summed E-state index contributed by atoms with van der Waals surface area (Å²) < 4.78 is 5.88. The monoisotopic (exact) mass is 382 g/mol. The smallest absolute Gasteiger partial charge is 0.255 e. The summed E-state index contributed by atoms with van der Waals surface area (Å²) >= 11 is 0. The number of aryl methyl sites for hydroxylation is 1. The SMILES string of the molecule is C=CCN(CC=C)Cc1c(O)ccc2oc(C)c(C(=O)NC3CCCCC3)c12. The van der Waals surface area contributed by atoms with Crippen LogP contribution in [0.1, 0.15) is 53.8 Å². The molecule has 2 aromatic rings. The lowest BCUT2D eigenvalue weighted by molar-refractivity contribution is 0.0927. The van der Waals surface area contributed by atoms with Crippen molar-refractivity contribution < 1.29 is 14.3 Å². The van der Waals surface area contributed by atoms with E-state index in [4.69, 9.17) is 4.42 Å². The quantitative estimate of drug-likeness (QED) is 0.651. The summed E-state index contributed by atoms with van der Waals surface area (Å²) in [4.78, 5) is 15.2. The lowest BCUT2D eigenvalue weighted by Crippen LogP contribution is -2.36. The van der Waals surface area contributed by atoms with Gasteiger partial charge >= 0.3 is 0 Å². The molecule has 0 radical (unpaired) electrons. The van der Waals surface area contributed by atoms with Gasteiger partial charge in [0.2, 0.25) is 0 Å². The average Bonchev–Trinajstić information content (AvgIpc) is 3.01. The number of hydrogen-bond acceptors (Lipinski definition) is 4. The van der Waals surface area contributed by atoms with Gasteiger partial charge < -0.3 is 14.8 Å². The molecule has 1 aromatic carbocycles. The summed E-state index contributed by atoms with van der Waals surface area (Å²) in [5.41, 5.74) is 1.85. The third kappa shape index (κ3) is 4.30. The number of benzene rings is 1. The topological polar surface area (TPSA) is 65.7 Å². The summed E-state index contributed by atoms with van der Waals surface area (Å²) in [6, 6.07) is 3.57. The second-order valence-electron chi connectivity index (χ2n) is 7.55. The first-order chi connectivity index (χ1) is 13.5. The van der Waals surface area contributed by atoms with Crippen LogP contribution in [0, 0.1) is 6.92 Å². The Bertz CT molecular complexity index is 852. The van der Waals surface area contributed by atoms with Crippen LogP contribution >= 0.6 is 0 Å². The van der Waals surface area contributed by atoms with E-state index in [-0.39, 0.29) is 17.7 Å². The highest BCUT2D eigenvalue weighted by Gasteiger charge is 2.25. The molecule has 3 rings (SSSR count). The molecule has 1 heterocycles. The lowest BCUT2D eigenvalue weighted by Gasteiger charge is -2.23. The molecule has 1 aliphatic rings. The second kappa shape index (κ2) is 9.11. The van der Waals surface area contributed by atoms with Gasteiger partial charge in [-0.2, -0.15) is 0 Å². The average molecular weight is 383 g/mol. The zero-order valence-electron chi connectivity index (χ0n) is 16.7. The van der Waals surface area contributed by atoms with E-state index in [0.717, 1.165) is 25.7 Å². The van der Waals surface area contributed by atoms with Crippen molar-refractivity contribution in [2.45, 2.75) is 51.6 Å². The first-order valence-electron chi connectivity index (χ1n) is 10.0. The molecule has 28 heavy (non-hydrogen) atoms. The fourth-order valence-electron chi connectivity index (χ4n) is 4.10. The van der Waals surface area contributed by atoms with E-state index < -0.39 is 0 Å². The van der Waals surface area contributed by atoms with Gasteiger partial charge in [-0.25, -0.2) is 0 Å². The van der Waals surface area contributed by atoms with Crippen LogP contribution in [0.25, 0.3) is 11.0 Å². The third-order valence-corrected chi connectivity index (χ3v) is 5.44. The molecule has 1 fully saturated rings. The first-order valence-corrected chi connectivity index (χ1v) is 10.0. The van der Waals surface area contributed by atoms with Crippen molar-refractivity contribution in [3.8, 4) is 5.75 Å². The number of nitrogens with one attached hydrogen (secondary N) is 1. The van der Waals surface area contributed by atoms with Gasteiger partial charge in [0.25, 0.3) is 5.91 Å². The Kier molecular flexibility index (Phi) is 6.57. The van der Waals surface area contributed by atoms with Crippen LogP contribution in [0.4, 0.5) is 0 Å². The molecule has 1 aliphatic carbocycles. The van der Waals surface area contributed by atoms with Crippen LogP contribution in [-0.2, 0) is 6.54 Å². The Morgan fingerprint density at radius 1 is 1.25 bits per heavy atom. The molecule has 1 saturated carbocycles. The Labute approximate surface area is 166 Å². The normalized spacial score (nSPS) is 15.1. The maximum absolute atomic E-state index is 13.1. The van der Waals surface area contributed by atoms with Crippen LogP contribution in [0.15, 0.2) is 41.9 Å². The van der Waals surface area contributed by atoms with Crippen molar-refractivity contribution >= 4 is 16.9 Å². The van der Waals surface area contributed by atoms with Crippen LogP contribution in [0.3, 0.4) is 0 Å². The summed E-state index contributed by atoms with van der Waals surface area (Å²) in [5.74, 6) is 0.626. The summed E-state index contributed by atoms with van der Waals surface area (Å²) in [6.45, 7) is 11.2. The van der Waals surface area contributed by atoms with Crippen molar-refractivity contribution in [1.29, 1.82) is 0 Å². The molecule has 1 aromatic heterocycles. The van der Waals surface area contributed by atoms with Crippen molar-refractivity contribution in [3.05, 3.63) is 54.3 Å². The first kappa shape index (κ1) is 20.2. The van der Waals surface area contributed by atoms with E-state index in [1.54, 1.807) is 12.1 Å². The van der Waals surface area contributed by atoms with Gasteiger partial charge in [-0.05, 0) is 31.9 Å². The molecule has 0 atom stereocenters. The fourth-order valence-corrected chi connectivity index (χ4v) is 4.10. The number of phenolic OH excluding ortho intramolecular Hbond substituents is 1. The molecular weight excluding hydrogens is 352 g/mol. The van der Waals surface area contributed by atoms with Crippen LogP contribution in [0.5, 0.6) is 5.75 Å². The highest BCUT2D eigenvalue weighted by molar-refractivity contribution is 6.09. The van der Waals surface area contributed by atoms with Gasteiger partial charge in [-0.15, -0.1) is 13.2 Å². The standard InChI is InChI=1S/C23H30N2O3/c1-4-13-25(14-5-2)15-18-19(26)11-12-20-22(18)21(16(3)28-20)23(27)24-17-9-7-6-8-10-17/h4-5,11-12,17,26H,1-2,6-10,13-15H2,3H3,(H,24,27). The van der Waals surface area contributed by atoms with Gasteiger partial charge in [0.05, 0.1) is 5.56 Å². The van der Waals surface area contributed by atoms with Crippen molar-refractivity contribution in [3.63, 3.8) is 0 Å². The van der Waals surface area contributed by atoms with E-state index >= 15 is 0 Å². The Morgan fingerprint density at radius 2 is 1.93 bits per heavy atom. The second-order valence-corrected chi connectivity index (χ2v) is 7.55. The minimum absolute atomic E-state index is 0.117. The molecule has 150 valence electrons. The Balaban J connectivity index is 1.99. The molecule has 0 unspecified atom stereocenters. The van der Waals surface area contributed by atoms with Gasteiger partial charge in [-0.1, -0.05) is 31.4 Å². The highest BCUT2D eigenvalue weighted by atomic mass is 16.3. The zero-order valence-corrected chi connectivity index (χ0v) is 16.7. The van der Waals surface area contributed by atoms with E-state index in [9.17, 15) is 9.90 Å². The summed E-state index contributed by atoms with van der Waals surface area (Å²) in [5, 5.41) is 14.5. The zero-order chi connectivity index (χ0) is 20.1. The molecular formula is C23H30N2O3. The lowest BCUT2D eigenvalue weighted by atomic mass is 9.95. The number of phenols is 1. The number of nitrogens with zero attached hydrogens (tertiary/aromatic N) is 1. The third-order valence-electron chi connectivity index (χ3n) is 5.44. The maximum Gasteiger partial charge on any atom is 0.255 e. The van der Waals surface area contributed by atoms with E-state index in [1.807, 2.05) is 19.1 Å². The van der Waals surface area contributed by atoms with Crippen molar-refractivity contribution in [2.24, 2.45) is 0 Å². The van der Waals surface area contributed by atoms with E-state index in [1.165, 1.54) is 6.42 Å².